The Morgan fingerprint density at radius 2 is 1.93 bits per heavy atom. The minimum atomic E-state index is -0.185. The molecule has 6 heteroatoms. The SMILES string of the molecule is CC(=O)NC(C)c1nc2ccccc2n1CCOc1cc(C)c(Cl)c(C)c1. The van der Waals surface area contributed by atoms with Gasteiger partial charge in [0.05, 0.1) is 23.6 Å². The summed E-state index contributed by atoms with van der Waals surface area (Å²) in [6.07, 6.45) is 0. The highest BCUT2D eigenvalue weighted by Gasteiger charge is 2.17. The van der Waals surface area contributed by atoms with Crippen molar-refractivity contribution < 1.29 is 9.53 Å². The Balaban J connectivity index is 1.82. The molecule has 1 N–H and O–H groups in total. The molecule has 3 aromatic rings. The zero-order valence-electron chi connectivity index (χ0n) is 16.0. The lowest BCUT2D eigenvalue weighted by molar-refractivity contribution is -0.119. The Morgan fingerprint density at radius 3 is 2.59 bits per heavy atom. The van der Waals surface area contributed by atoms with Gasteiger partial charge in [0.2, 0.25) is 5.91 Å². The molecule has 1 aromatic heterocycles. The number of carbonyl (C=O) groups excluding carboxylic acids is 1. The summed E-state index contributed by atoms with van der Waals surface area (Å²) in [6.45, 7) is 8.50. The molecule has 0 aliphatic carbocycles. The van der Waals surface area contributed by atoms with E-state index in [0.29, 0.717) is 13.2 Å². The zero-order valence-corrected chi connectivity index (χ0v) is 16.8. The Hall–Kier alpha value is -2.53. The van der Waals surface area contributed by atoms with Crippen molar-refractivity contribution in [3.8, 4) is 5.75 Å². The quantitative estimate of drug-likeness (QED) is 0.675. The first-order valence-electron chi connectivity index (χ1n) is 8.98. The molecule has 0 saturated carbocycles. The number of carbonyl (C=O) groups is 1. The lowest BCUT2D eigenvalue weighted by Crippen LogP contribution is -2.27. The van der Waals surface area contributed by atoms with Crippen LogP contribution in [0.15, 0.2) is 36.4 Å². The number of nitrogens with zero attached hydrogens (tertiary/aromatic N) is 2. The van der Waals surface area contributed by atoms with Crippen LogP contribution in [0.25, 0.3) is 11.0 Å². The number of benzene rings is 2. The predicted molar refractivity (Wildman–Crippen MR) is 108 cm³/mol. The van der Waals surface area contributed by atoms with Crippen LogP contribution in [-0.4, -0.2) is 22.1 Å². The van der Waals surface area contributed by atoms with Crippen molar-refractivity contribution in [2.45, 2.75) is 40.3 Å². The van der Waals surface area contributed by atoms with Gasteiger partial charge in [-0.15, -0.1) is 0 Å². The number of hydrogen-bond acceptors (Lipinski definition) is 3. The molecule has 5 nitrogen and oxygen atoms in total. The lowest BCUT2D eigenvalue weighted by Gasteiger charge is -2.16. The fourth-order valence-electron chi connectivity index (χ4n) is 3.27. The van der Waals surface area contributed by atoms with Gasteiger partial charge in [0.1, 0.15) is 18.2 Å². The number of ether oxygens (including phenoxy) is 1. The average Bonchev–Trinajstić information content (AvgIpc) is 2.98. The monoisotopic (exact) mass is 385 g/mol. The summed E-state index contributed by atoms with van der Waals surface area (Å²) in [5, 5.41) is 3.68. The number of rotatable bonds is 6. The molecule has 2 aromatic carbocycles. The molecule has 1 unspecified atom stereocenters. The largest absolute Gasteiger partial charge is 0.492 e. The van der Waals surface area contributed by atoms with Gasteiger partial charge in [0.25, 0.3) is 0 Å². The summed E-state index contributed by atoms with van der Waals surface area (Å²) in [6, 6.07) is 11.7. The number of aryl methyl sites for hydroxylation is 2. The molecule has 1 heterocycles. The Bertz CT molecular complexity index is 958. The van der Waals surface area contributed by atoms with Crippen molar-refractivity contribution in [2.75, 3.05) is 6.61 Å². The maximum Gasteiger partial charge on any atom is 0.217 e. The molecule has 3 rings (SSSR count). The van der Waals surface area contributed by atoms with Crippen molar-refractivity contribution in [1.82, 2.24) is 14.9 Å². The maximum absolute atomic E-state index is 11.5. The van der Waals surface area contributed by atoms with Gasteiger partial charge in [-0.3, -0.25) is 4.79 Å². The molecule has 142 valence electrons. The minimum Gasteiger partial charge on any atom is -0.492 e. The average molecular weight is 386 g/mol. The zero-order chi connectivity index (χ0) is 19.6. The fraction of sp³-hybridized carbons (Fsp3) is 0.333. The second kappa shape index (κ2) is 8.01. The summed E-state index contributed by atoms with van der Waals surface area (Å²) in [5.41, 5.74) is 3.93. The standard InChI is InChI=1S/C21H24ClN3O2/c1-13-11-17(12-14(2)20(13)22)27-10-9-25-19-8-6-5-7-18(19)24-21(25)15(3)23-16(4)26/h5-8,11-12,15H,9-10H2,1-4H3,(H,23,26). The Morgan fingerprint density at radius 1 is 1.26 bits per heavy atom. The highest BCUT2D eigenvalue weighted by atomic mass is 35.5. The van der Waals surface area contributed by atoms with Crippen molar-refractivity contribution >= 4 is 28.5 Å². The van der Waals surface area contributed by atoms with E-state index in [1.165, 1.54) is 6.92 Å². The van der Waals surface area contributed by atoms with Gasteiger partial charge < -0.3 is 14.6 Å². The first kappa shape index (κ1) is 19.2. The molecule has 1 atom stereocenters. The van der Waals surface area contributed by atoms with Gasteiger partial charge in [-0.25, -0.2) is 4.98 Å². The fourth-order valence-corrected chi connectivity index (χ4v) is 3.38. The van der Waals surface area contributed by atoms with E-state index in [1.54, 1.807) is 0 Å². The van der Waals surface area contributed by atoms with E-state index < -0.39 is 0 Å². The van der Waals surface area contributed by atoms with Crippen LogP contribution >= 0.6 is 11.6 Å². The number of fused-ring (bicyclic) bond motifs is 1. The molecule has 0 spiro atoms. The van der Waals surface area contributed by atoms with Crippen LogP contribution in [0.2, 0.25) is 5.02 Å². The molecule has 0 aliphatic heterocycles. The maximum atomic E-state index is 11.5. The number of halogens is 1. The van der Waals surface area contributed by atoms with E-state index in [0.717, 1.165) is 38.8 Å². The second-order valence-electron chi connectivity index (χ2n) is 6.75. The summed E-state index contributed by atoms with van der Waals surface area (Å²) in [5.74, 6) is 1.54. The van der Waals surface area contributed by atoms with E-state index in [4.69, 9.17) is 21.3 Å². The second-order valence-corrected chi connectivity index (χ2v) is 7.13. The molecular formula is C21H24ClN3O2. The van der Waals surface area contributed by atoms with Gasteiger partial charge in [0.15, 0.2) is 0 Å². The predicted octanol–water partition coefficient (Wildman–Crippen LogP) is 4.58. The Kier molecular flexibility index (Phi) is 5.71. The van der Waals surface area contributed by atoms with E-state index in [9.17, 15) is 4.79 Å². The molecule has 0 fully saturated rings. The van der Waals surface area contributed by atoms with Gasteiger partial charge in [0, 0.05) is 11.9 Å². The van der Waals surface area contributed by atoms with Crippen LogP contribution in [-0.2, 0) is 11.3 Å². The molecule has 0 radical (unpaired) electrons. The summed E-state index contributed by atoms with van der Waals surface area (Å²) in [7, 11) is 0. The summed E-state index contributed by atoms with van der Waals surface area (Å²) in [4.78, 5) is 16.2. The van der Waals surface area contributed by atoms with E-state index in [2.05, 4.69) is 9.88 Å². The third-order valence-electron chi connectivity index (χ3n) is 4.48. The van der Waals surface area contributed by atoms with Crippen molar-refractivity contribution in [1.29, 1.82) is 0 Å². The van der Waals surface area contributed by atoms with Gasteiger partial charge in [-0.2, -0.15) is 0 Å². The topological polar surface area (TPSA) is 56.2 Å². The van der Waals surface area contributed by atoms with Crippen molar-refractivity contribution in [3.05, 3.63) is 58.4 Å². The third kappa shape index (κ3) is 4.25. The van der Waals surface area contributed by atoms with E-state index >= 15 is 0 Å². The molecule has 0 saturated heterocycles. The molecule has 0 aliphatic rings. The van der Waals surface area contributed by atoms with E-state index in [1.807, 2.05) is 57.2 Å². The smallest absolute Gasteiger partial charge is 0.217 e. The number of para-hydroxylation sites is 2. The van der Waals surface area contributed by atoms with Crippen molar-refractivity contribution in [3.63, 3.8) is 0 Å². The van der Waals surface area contributed by atoms with Crippen LogP contribution < -0.4 is 10.1 Å². The lowest BCUT2D eigenvalue weighted by atomic mass is 10.1. The van der Waals surface area contributed by atoms with Crippen LogP contribution in [0.5, 0.6) is 5.75 Å². The van der Waals surface area contributed by atoms with Gasteiger partial charge in [-0.1, -0.05) is 23.7 Å². The molecule has 0 bridgehead atoms. The van der Waals surface area contributed by atoms with Gasteiger partial charge >= 0.3 is 0 Å². The first-order chi connectivity index (χ1) is 12.9. The van der Waals surface area contributed by atoms with Crippen LogP contribution in [0.3, 0.4) is 0 Å². The summed E-state index contributed by atoms with van der Waals surface area (Å²) >= 11 is 6.22. The highest BCUT2D eigenvalue weighted by molar-refractivity contribution is 6.32. The van der Waals surface area contributed by atoms with Crippen molar-refractivity contribution in [2.24, 2.45) is 0 Å². The minimum absolute atomic E-state index is 0.0792. The van der Waals surface area contributed by atoms with Gasteiger partial charge in [-0.05, 0) is 56.2 Å². The normalized spacial score (nSPS) is 12.2. The van der Waals surface area contributed by atoms with E-state index in [-0.39, 0.29) is 11.9 Å². The van der Waals surface area contributed by atoms with Crippen LogP contribution in [0, 0.1) is 13.8 Å². The number of imidazole rings is 1. The molecule has 1 amide bonds. The first-order valence-corrected chi connectivity index (χ1v) is 9.36. The Labute approximate surface area is 164 Å². The number of nitrogens with one attached hydrogen (secondary N) is 1. The summed E-state index contributed by atoms with van der Waals surface area (Å²) < 4.78 is 8.07. The molecule has 27 heavy (non-hydrogen) atoms. The third-order valence-corrected chi connectivity index (χ3v) is 5.08. The number of hydrogen-bond donors (Lipinski definition) is 1. The molecular weight excluding hydrogens is 362 g/mol. The van der Waals surface area contributed by atoms with Crippen LogP contribution in [0.1, 0.15) is 36.8 Å². The number of aromatic nitrogens is 2. The number of amides is 1. The highest BCUT2D eigenvalue weighted by Crippen LogP contribution is 2.26. The van der Waals surface area contributed by atoms with Crippen LogP contribution in [0.4, 0.5) is 0 Å².